The average molecular weight is 215 g/mol. The number of Topliss-reactive ketones (excluding diaryl/α,β-unsaturated/α-hetero) is 1. The van der Waals surface area contributed by atoms with E-state index in [9.17, 15) is 4.79 Å². The summed E-state index contributed by atoms with van der Waals surface area (Å²) in [5.74, 6) is 6.77. The second-order valence-corrected chi connectivity index (χ2v) is 3.56. The van der Waals surface area contributed by atoms with Gasteiger partial charge in [-0.3, -0.25) is 4.79 Å². The maximum Gasteiger partial charge on any atom is 0.170 e. The molecule has 1 heterocycles. The number of benzene rings is 1. The number of hydrogen-bond donors (Lipinski definition) is 1. The molecule has 0 saturated carbocycles. The number of hydrogen-bond acceptors (Lipinski definition) is 3. The molecule has 82 valence electrons. The zero-order valence-corrected chi connectivity index (χ0v) is 9.17. The fraction of sp³-hybridized carbons (Fsp3) is 0.308. The van der Waals surface area contributed by atoms with Crippen molar-refractivity contribution in [3.8, 4) is 17.6 Å². The smallest absolute Gasteiger partial charge is 0.170 e. The minimum Gasteiger partial charge on any atom is -0.492 e. The first kappa shape index (κ1) is 10.7. The van der Waals surface area contributed by atoms with Gasteiger partial charge in [-0.15, -0.1) is 0 Å². The summed E-state index contributed by atoms with van der Waals surface area (Å²) >= 11 is 0. The Morgan fingerprint density at radius 3 is 3.19 bits per heavy atom. The maximum absolute atomic E-state index is 11.6. The fourth-order valence-corrected chi connectivity index (χ4v) is 1.57. The number of fused-ring (bicyclic) bond motifs is 1. The third-order valence-corrected chi connectivity index (χ3v) is 2.36. The molecule has 3 heteroatoms. The molecule has 2 rings (SSSR count). The Bertz CT molecular complexity index is 469. The summed E-state index contributed by atoms with van der Waals surface area (Å²) in [6, 6.07) is 5.50. The van der Waals surface area contributed by atoms with Crippen molar-refractivity contribution < 1.29 is 9.53 Å². The van der Waals surface area contributed by atoms with Crippen LogP contribution in [0.15, 0.2) is 18.2 Å². The summed E-state index contributed by atoms with van der Waals surface area (Å²) < 4.78 is 5.39. The van der Waals surface area contributed by atoms with Crippen LogP contribution in [-0.4, -0.2) is 26.0 Å². The molecule has 0 atom stereocenters. The highest BCUT2D eigenvalue weighted by molar-refractivity contribution is 5.99. The van der Waals surface area contributed by atoms with Gasteiger partial charge in [0.1, 0.15) is 5.75 Å². The summed E-state index contributed by atoms with van der Waals surface area (Å²) in [5.41, 5.74) is 1.51. The first-order chi connectivity index (χ1) is 7.81. The molecule has 0 aromatic heterocycles. The van der Waals surface area contributed by atoms with Crippen molar-refractivity contribution in [1.82, 2.24) is 5.32 Å². The molecule has 0 saturated heterocycles. The molecule has 0 radical (unpaired) electrons. The Morgan fingerprint density at radius 2 is 2.38 bits per heavy atom. The van der Waals surface area contributed by atoms with Gasteiger partial charge in [0.25, 0.3) is 0 Å². The lowest BCUT2D eigenvalue weighted by Gasteiger charge is -2.15. The Balaban J connectivity index is 2.28. The summed E-state index contributed by atoms with van der Waals surface area (Å²) in [5, 5.41) is 2.94. The van der Waals surface area contributed by atoms with Crippen LogP contribution in [-0.2, 0) is 0 Å². The van der Waals surface area contributed by atoms with E-state index in [2.05, 4.69) is 17.2 Å². The molecule has 0 bridgehead atoms. The standard InChI is InChI=1S/C13H13NO2/c1-14-7-2-3-10-4-5-13-11(9-10)12(15)6-8-16-13/h4-5,9,14H,6-8H2,1H3. The largest absolute Gasteiger partial charge is 0.492 e. The van der Waals surface area contributed by atoms with Crippen LogP contribution in [0.25, 0.3) is 0 Å². The summed E-state index contributed by atoms with van der Waals surface area (Å²) in [6.45, 7) is 1.12. The zero-order valence-electron chi connectivity index (χ0n) is 9.17. The van der Waals surface area contributed by atoms with Gasteiger partial charge in [0.2, 0.25) is 0 Å². The second-order valence-electron chi connectivity index (χ2n) is 3.56. The Kier molecular flexibility index (Phi) is 3.23. The van der Waals surface area contributed by atoms with Gasteiger partial charge in [0.05, 0.1) is 18.7 Å². The first-order valence-corrected chi connectivity index (χ1v) is 5.25. The van der Waals surface area contributed by atoms with Crippen molar-refractivity contribution in [1.29, 1.82) is 0 Å². The van der Waals surface area contributed by atoms with E-state index in [1.54, 1.807) is 6.07 Å². The van der Waals surface area contributed by atoms with Crippen molar-refractivity contribution in [2.24, 2.45) is 0 Å². The molecule has 1 aliphatic heterocycles. The van der Waals surface area contributed by atoms with Crippen LogP contribution in [0.5, 0.6) is 5.75 Å². The topological polar surface area (TPSA) is 38.3 Å². The number of ether oxygens (including phenoxy) is 1. The van der Waals surface area contributed by atoms with Crippen LogP contribution in [0.2, 0.25) is 0 Å². The van der Waals surface area contributed by atoms with Gasteiger partial charge in [-0.25, -0.2) is 0 Å². The number of carbonyl (C=O) groups is 1. The lowest BCUT2D eigenvalue weighted by Crippen LogP contribution is -2.15. The van der Waals surface area contributed by atoms with Crippen LogP contribution < -0.4 is 10.1 Å². The normalized spacial score (nSPS) is 13.4. The highest BCUT2D eigenvalue weighted by Crippen LogP contribution is 2.25. The van der Waals surface area contributed by atoms with Gasteiger partial charge < -0.3 is 10.1 Å². The molecule has 3 nitrogen and oxygen atoms in total. The molecule has 1 aromatic rings. The Labute approximate surface area is 94.8 Å². The lowest BCUT2D eigenvalue weighted by atomic mass is 10.0. The van der Waals surface area contributed by atoms with Crippen LogP contribution in [0.4, 0.5) is 0 Å². The molecule has 16 heavy (non-hydrogen) atoms. The van der Waals surface area contributed by atoms with Crippen molar-refractivity contribution in [2.75, 3.05) is 20.2 Å². The predicted molar refractivity (Wildman–Crippen MR) is 61.7 cm³/mol. The molecular formula is C13H13NO2. The van der Waals surface area contributed by atoms with Crippen molar-refractivity contribution in [3.63, 3.8) is 0 Å². The van der Waals surface area contributed by atoms with E-state index in [1.165, 1.54) is 0 Å². The first-order valence-electron chi connectivity index (χ1n) is 5.25. The van der Waals surface area contributed by atoms with Crippen molar-refractivity contribution in [3.05, 3.63) is 29.3 Å². The lowest BCUT2D eigenvalue weighted by molar-refractivity contribution is 0.0933. The molecule has 1 N–H and O–H groups in total. The predicted octanol–water partition coefficient (Wildman–Crippen LogP) is 1.22. The summed E-state index contributed by atoms with van der Waals surface area (Å²) in [7, 11) is 1.85. The molecule has 0 amide bonds. The molecule has 0 spiro atoms. The van der Waals surface area contributed by atoms with Crippen LogP contribution >= 0.6 is 0 Å². The van der Waals surface area contributed by atoms with E-state index >= 15 is 0 Å². The van der Waals surface area contributed by atoms with E-state index in [0.717, 1.165) is 5.56 Å². The third-order valence-electron chi connectivity index (χ3n) is 2.36. The molecule has 1 aliphatic rings. The highest BCUT2D eigenvalue weighted by atomic mass is 16.5. The second kappa shape index (κ2) is 4.82. The van der Waals surface area contributed by atoms with Gasteiger partial charge in [0.15, 0.2) is 5.78 Å². The van der Waals surface area contributed by atoms with E-state index in [-0.39, 0.29) is 5.78 Å². The Hall–Kier alpha value is -1.79. The number of ketones is 1. The monoisotopic (exact) mass is 215 g/mol. The fourth-order valence-electron chi connectivity index (χ4n) is 1.57. The van der Waals surface area contributed by atoms with Crippen molar-refractivity contribution in [2.45, 2.75) is 6.42 Å². The molecule has 1 aromatic carbocycles. The van der Waals surface area contributed by atoms with Crippen LogP contribution in [0.3, 0.4) is 0 Å². The van der Waals surface area contributed by atoms with E-state index in [1.807, 2.05) is 19.2 Å². The minimum absolute atomic E-state index is 0.138. The summed E-state index contributed by atoms with van der Waals surface area (Å²) in [6.07, 6.45) is 0.459. The van der Waals surface area contributed by atoms with Crippen molar-refractivity contribution >= 4 is 5.78 Å². The summed E-state index contributed by atoms with van der Waals surface area (Å²) in [4.78, 5) is 11.6. The Morgan fingerprint density at radius 1 is 1.50 bits per heavy atom. The van der Waals surface area contributed by atoms with Gasteiger partial charge >= 0.3 is 0 Å². The van der Waals surface area contributed by atoms with Crippen LogP contribution in [0.1, 0.15) is 22.3 Å². The molecule has 0 aliphatic carbocycles. The SMILES string of the molecule is CNCC#Cc1ccc2c(c1)C(=O)CCO2. The minimum atomic E-state index is 0.138. The molecule has 0 fully saturated rings. The van der Waals surface area contributed by atoms with E-state index < -0.39 is 0 Å². The zero-order chi connectivity index (χ0) is 11.4. The van der Waals surface area contributed by atoms with Gasteiger partial charge in [0, 0.05) is 12.0 Å². The molecule has 0 unspecified atom stereocenters. The highest BCUT2D eigenvalue weighted by Gasteiger charge is 2.17. The molecular weight excluding hydrogens is 202 g/mol. The van der Waals surface area contributed by atoms with Gasteiger partial charge in [-0.1, -0.05) is 11.8 Å². The van der Waals surface area contributed by atoms with E-state index in [0.29, 0.717) is 30.9 Å². The van der Waals surface area contributed by atoms with Gasteiger partial charge in [-0.2, -0.15) is 0 Å². The van der Waals surface area contributed by atoms with E-state index in [4.69, 9.17) is 4.74 Å². The van der Waals surface area contributed by atoms with Gasteiger partial charge in [-0.05, 0) is 25.2 Å². The third kappa shape index (κ3) is 2.23. The number of carbonyl (C=O) groups excluding carboxylic acids is 1. The number of rotatable bonds is 1. The average Bonchev–Trinajstić information content (AvgIpc) is 2.30. The maximum atomic E-state index is 11.6. The number of nitrogens with one attached hydrogen (secondary N) is 1. The van der Waals surface area contributed by atoms with Crippen LogP contribution in [0, 0.1) is 11.8 Å². The quantitative estimate of drug-likeness (QED) is 0.716.